The molecule has 3 rings (SSSR count). The van der Waals surface area contributed by atoms with Crippen LogP contribution >= 0.6 is 34.4 Å². The van der Waals surface area contributed by atoms with Crippen LogP contribution in [0.25, 0.3) is 0 Å². The van der Waals surface area contributed by atoms with Crippen LogP contribution < -0.4 is 10.6 Å². The molecule has 1 atom stereocenters. The highest BCUT2D eigenvalue weighted by Gasteiger charge is 2.17. The van der Waals surface area contributed by atoms with Crippen LogP contribution in [0.1, 0.15) is 11.8 Å². The van der Waals surface area contributed by atoms with Gasteiger partial charge in [-0.2, -0.15) is 0 Å². The zero-order valence-corrected chi connectivity index (χ0v) is 16.4. The first-order valence-electron chi connectivity index (χ1n) is 7.93. The van der Waals surface area contributed by atoms with E-state index < -0.39 is 0 Å². The van der Waals surface area contributed by atoms with Crippen molar-refractivity contribution in [2.75, 3.05) is 17.2 Å². The van der Waals surface area contributed by atoms with Crippen molar-refractivity contribution in [2.24, 2.45) is 0 Å². The molecular weight excluding hydrogens is 391 g/mol. The number of thiophene rings is 1. The number of rotatable bonds is 8. The summed E-state index contributed by atoms with van der Waals surface area (Å²) < 4.78 is 13.9. The van der Waals surface area contributed by atoms with Crippen molar-refractivity contribution in [1.82, 2.24) is 10.2 Å². The molecule has 0 bridgehead atoms. The van der Waals surface area contributed by atoms with E-state index in [9.17, 15) is 9.18 Å². The number of carbonyl (C=O) groups is 1. The first-order valence-corrected chi connectivity index (χ1v) is 10.5. The molecule has 136 valence electrons. The summed E-state index contributed by atoms with van der Waals surface area (Å²) in [5, 5.41) is 16.6. The third kappa shape index (κ3) is 5.52. The summed E-state index contributed by atoms with van der Waals surface area (Å²) in [7, 11) is 0. The summed E-state index contributed by atoms with van der Waals surface area (Å²) in [5.41, 5.74) is 0.440. The Hall–Kier alpha value is -1.97. The van der Waals surface area contributed by atoms with Crippen LogP contribution in [-0.4, -0.2) is 27.9 Å². The maximum absolute atomic E-state index is 13.2. The Labute approximate surface area is 163 Å². The number of anilines is 2. The van der Waals surface area contributed by atoms with E-state index in [-0.39, 0.29) is 17.0 Å². The van der Waals surface area contributed by atoms with Crippen molar-refractivity contribution in [3.05, 3.63) is 52.5 Å². The summed E-state index contributed by atoms with van der Waals surface area (Å²) in [5.74, 6) is -0.589. The summed E-state index contributed by atoms with van der Waals surface area (Å²) >= 11 is 4.48. The second kappa shape index (κ2) is 9.11. The van der Waals surface area contributed by atoms with Gasteiger partial charge >= 0.3 is 0 Å². The third-order valence-corrected chi connectivity index (χ3v) is 6.37. The Bertz CT molecular complexity index is 853. The van der Waals surface area contributed by atoms with E-state index in [0.717, 1.165) is 18.1 Å². The van der Waals surface area contributed by atoms with E-state index in [4.69, 9.17) is 0 Å². The van der Waals surface area contributed by atoms with Crippen LogP contribution in [-0.2, 0) is 11.2 Å². The Morgan fingerprint density at radius 1 is 1.31 bits per heavy atom. The molecule has 5 nitrogen and oxygen atoms in total. The molecule has 0 saturated heterocycles. The quantitative estimate of drug-likeness (QED) is 0.537. The SMILES string of the molecule is CC(Sc1nnc(NCCc2cccs2)s1)C(=O)Nc1cccc(F)c1. The average Bonchev–Trinajstić information content (AvgIpc) is 3.27. The van der Waals surface area contributed by atoms with Gasteiger partial charge in [-0.1, -0.05) is 35.2 Å². The van der Waals surface area contributed by atoms with Crippen molar-refractivity contribution in [3.8, 4) is 0 Å². The highest BCUT2D eigenvalue weighted by molar-refractivity contribution is 8.02. The largest absolute Gasteiger partial charge is 0.360 e. The minimum absolute atomic E-state index is 0.206. The number of halogens is 1. The second-order valence-electron chi connectivity index (χ2n) is 5.39. The van der Waals surface area contributed by atoms with Crippen molar-refractivity contribution in [2.45, 2.75) is 22.9 Å². The Morgan fingerprint density at radius 3 is 2.96 bits per heavy atom. The van der Waals surface area contributed by atoms with Crippen LogP contribution in [0.5, 0.6) is 0 Å². The zero-order valence-electron chi connectivity index (χ0n) is 13.9. The first-order chi connectivity index (χ1) is 12.6. The van der Waals surface area contributed by atoms with E-state index in [1.54, 1.807) is 30.4 Å². The molecule has 0 aliphatic rings. The topological polar surface area (TPSA) is 66.9 Å². The fraction of sp³-hybridized carbons (Fsp3) is 0.235. The number of amides is 1. The van der Waals surface area contributed by atoms with Crippen molar-refractivity contribution in [1.29, 1.82) is 0 Å². The summed E-state index contributed by atoms with van der Waals surface area (Å²) in [6.45, 7) is 2.57. The van der Waals surface area contributed by atoms with Crippen molar-refractivity contribution >= 4 is 51.2 Å². The highest BCUT2D eigenvalue weighted by atomic mass is 32.2. The molecule has 1 unspecified atom stereocenters. The molecule has 3 aromatic rings. The maximum atomic E-state index is 13.2. The molecule has 2 heterocycles. The first kappa shape index (κ1) is 18.8. The van der Waals surface area contributed by atoms with Gasteiger partial charge in [0.1, 0.15) is 5.82 Å². The predicted octanol–water partition coefficient (Wildman–Crippen LogP) is 4.51. The smallest absolute Gasteiger partial charge is 0.237 e. The Kier molecular flexibility index (Phi) is 6.59. The van der Waals surface area contributed by atoms with Gasteiger partial charge in [0.25, 0.3) is 0 Å². The van der Waals surface area contributed by atoms with Crippen LogP contribution in [0, 0.1) is 5.82 Å². The lowest BCUT2D eigenvalue weighted by molar-refractivity contribution is -0.115. The molecule has 0 aliphatic carbocycles. The number of nitrogens with zero attached hydrogens (tertiary/aromatic N) is 2. The number of hydrogen-bond acceptors (Lipinski definition) is 7. The van der Waals surface area contributed by atoms with Crippen LogP contribution in [0.2, 0.25) is 0 Å². The Balaban J connectivity index is 1.47. The zero-order chi connectivity index (χ0) is 18.4. The van der Waals surface area contributed by atoms with E-state index in [1.165, 1.54) is 40.1 Å². The third-order valence-electron chi connectivity index (χ3n) is 3.37. The molecule has 0 radical (unpaired) electrons. The molecule has 1 aromatic carbocycles. The molecule has 0 spiro atoms. The van der Waals surface area contributed by atoms with Gasteiger partial charge in [0.05, 0.1) is 5.25 Å². The minimum atomic E-state index is -0.384. The van der Waals surface area contributed by atoms with E-state index in [2.05, 4.69) is 32.3 Å². The number of thioether (sulfide) groups is 1. The van der Waals surface area contributed by atoms with Gasteiger partial charge in [-0.15, -0.1) is 21.5 Å². The molecule has 9 heteroatoms. The lowest BCUT2D eigenvalue weighted by Gasteiger charge is -2.10. The molecule has 0 fully saturated rings. The highest BCUT2D eigenvalue weighted by Crippen LogP contribution is 2.29. The fourth-order valence-corrected chi connectivity index (χ4v) is 4.72. The number of carbonyl (C=O) groups excluding carboxylic acids is 1. The van der Waals surface area contributed by atoms with Crippen molar-refractivity contribution in [3.63, 3.8) is 0 Å². The Morgan fingerprint density at radius 2 is 2.19 bits per heavy atom. The number of aromatic nitrogens is 2. The van der Waals surface area contributed by atoms with E-state index in [1.807, 2.05) is 6.07 Å². The molecule has 0 aliphatic heterocycles. The van der Waals surface area contributed by atoms with Crippen LogP contribution in [0.3, 0.4) is 0 Å². The van der Waals surface area contributed by atoms with Gasteiger partial charge in [0.2, 0.25) is 11.0 Å². The van der Waals surface area contributed by atoms with Gasteiger partial charge in [0.15, 0.2) is 4.34 Å². The maximum Gasteiger partial charge on any atom is 0.237 e. The van der Waals surface area contributed by atoms with E-state index >= 15 is 0 Å². The monoisotopic (exact) mass is 408 g/mol. The molecule has 2 aromatic heterocycles. The summed E-state index contributed by atoms with van der Waals surface area (Å²) in [6, 6.07) is 9.97. The average molecular weight is 409 g/mol. The van der Waals surface area contributed by atoms with Gasteiger partial charge in [0, 0.05) is 17.1 Å². The molecule has 1 amide bonds. The molecular formula is C17H17FN4OS3. The van der Waals surface area contributed by atoms with Gasteiger partial charge < -0.3 is 10.6 Å². The molecule has 2 N–H and O–H groups in total. The lowest BCUT2D eigenvalue weighted by atomic mass is 10.3. The number of hydrogen-bond donors (Lipinski definition) is 2. The number of benzene rings is 1. The predicted molar refractivity (Wildman–Crippen MR) is 107 cm³/mol. The normalized spacial score (nSPS) is 11.9. The van der Waals surface area contributed by atoms with Gasteiger partial charge in [-0.05, 0) is 43.0 Å². The lowest BCUT2D eigenvalue weighted by Crippen LogP contribution is -2.22. The fourth-order valence-electron chi connectivity index (χ4n) is 2.09. The number of nitrogens with one attached hydrogen (secondary N) is 2. The van der Waals surface area contributed by atoms with Gasteiger partial charge in [-0.25, -0.2) is 4.39 Å². The minimum Gasteiger partial charge on any atom is -0.360 e. The standard InChI is InChI=1S/C17H17FN4OS3/c1-11(15(23)20-13-5-2-4-12(18)10-13)25-17-22-21-16(26-17)19-8-7-14-6-3-9-24-14/h2-6,9-11H,7-8H2,1H3,(H,19,21)(H,20,23). The summed E-state index contributed by atoms with van der Waals surface area (Å²) in [4.78, 5) is 13.5. The van der Waals surface area contributed by atoms with Crippen LogP contribution in [0.4, 0.5) is 15.2 Å². The van der Waals surface area contributed by atoms with Crippen LogP contribution in [0.15, 0.2) is 46.1 Å². The van der Waals surface area contributed by atoms with Gasteiger partial charge in [-0.3, -0.25) is 4.79 Å². The van der Waals surface area contributed by atoms with Crippen molar-refractivity contribution < 1.29 is 9.18 Å². The van der Waals surface area contributed by atoms with E-state index in [0.29, 0.717) is 10.0 Å². The summed E-state index contributed by atoms with van der Waals surface area (Å²) in [6.07, 6.45) is 0.937. The molecule has 0 saturated carbocycles. The second-order valence-corrected chi connectivity index (χ2v) is 8.99. The molecule has 26 heavy (non-hydrogen) atoms.